The number of nitrogens with zero attached hydrogens (tertiary/aromatic N) is 1. The van der Waals surface area contributed by atoms with E-state index in [0.29, 0.717) is 25.6 Å². The molecule has 0 aromatic carbocycles. The van der Waals surface area contributed by atoms with Gasteiger partial charge in [0.25, 0.3) is 0 Å². The van der Waals surface area contributed by atoms with Crippen molar-refractivity contribution in [2.75, 3.05) is 13.2 Å². The van der Waals surface area contributed by atoms with Crippen LogP contribution < -0.4 is 5.32 Å². The first-order chi connectivity index (χ1) is 8.62. The summed E-state index contributed by atoms with van der Waals surface area (Å²) in [7, 11) is 0. The van der Waals surface area contributed by atoms with Crippen molar-refractivity contribution < 1.29 is 9.53 Å². The Morgan fingerprint density at radius 2 is 2.11 bits per heavy atom. The molecule has 1 saturated carbocycles. The lowest BCUT2D eigenvalue weighted by Gasteiger charge is -2.34. The predicted octanol–water partition coefficient (Wildman–Crippen LogP) is 2.39. The third-order valence-corrected chi connectivity index (χ3v) is 3.54. The molecule has 102 valence electrons. The highest BCUT2D eigenvalue weighted by atomic mass is 16.5. The van der Waals surface area contributed by atoms with E-state index in [1.54, 1.807) is 0 Å². The van der Waals surface area contributed by atoms with E-state index in [2.05, 4.69) is 18.3 Å². The summed E-state index contributed by atoms with van der Waals surface area (Å²) in [6.07, 6.45) is 4.87. The zero-order chi connectivity index (χ0) is 13.4. The van der Waals surface area contributed by atoms with Crippen LogP contribution in [0.3, 0.4) is 0 Å². The number of carbonyl (C=O) groups is 1. The van der Waals surface area contributed by atoms with Gasteiger partial charge < -0.3 is 10.1 Å². The summed E-state index contributed by atoms with van der Waals surface area (Å²) < 4.78 is 5.28. The lowest BCUT2D eigenvalue weighted by molar-refractivity contribution is -0.123. The first-order valence-corrected chi connectivity index (χ1v) is 6.92. The molecule has 0 aliphatic heterocycles. The third kappa shape index (κ3) is 4.66. The Hall–Kier alpha value is -1.08. The van der Waals surface area contributed by atoms with Crippen LogP contribution in [0.25, 0.3) is 0 Å². The Labute approximate surface area is 110 Å². The molecule has 0 aromatic rings. The zero-order valence-electron chi connectivity index (χ0n) is 11.5. The third-order valence-electron chi connectivity index (χ3n) is 3.54. The number of amides is 1. The fraction of sp³-hybridized carbons (Fsp3) is 0.857. The van der Waals surface area contributed by atoms with Crippen LogP contribution in [-0.2, 0) is 9.53 Å². The number of rotatable bonds is 6. The fourth-order valence-corrected chi connectivity index (χ4v) is 2.26. The second-order valence-corrected chi connectivity index (χ2v) is 5.29. The highest BCUT2D eigenvalue weighted by Crippen LogP contribution is 2.31. The quantitative estimate of drug-likeness (QED) is 0.738. The van der Waals surface area contributed by atoms with Crippen LogP contribution in [0, 0.1) is 17.2 Å². The number of ether oxygens (including phenoxy) is 1. The molecule has 1 amide bonds. The van der Waals surface area contributed by atoms with Crippen LogP contribution in [0.15, 0.2) is 0 Å². The van der Waals surface area contributed by atoms with Gasteiger partial charge >= 0.3 is 0 Å². The minimum atomic E-state index is -0.631. The zero-order valence-corrected chi connectivity index (χ0v) is 11.5. The van der Waals surface area contributed by atoms with Crippen LogP contribution in [0.1, 0.15) is 52.4 Å². The minimum Gasteiger partial charge on any atom is -0.381 e. The van der Waals surface area contributed by atoms with Gasteiger partial charge in [0.2, 0.25) is 5.91 Å². The molecule has 0 bridgehead atoms. The molecule has 1 fully saturated rings. The SMILES string of the molecule is CCCOCCC(=O)NC1(C#N)CCC(C)CC1. The average Bonchev–Trinajstić information content (AvgIpc) is 2.38. The Bertz CT molecular complexity index is 301. The van der Waals surface area contributed by atoms with Crippen LogP contribution in [-0.4, -0.2) is 24.7 Å². The van der Waals surface area contributed by atoms with Crippen molar-refractivity contribution in [3.63, 3.8) is 0 Å². The second-order valence-electron chi connectivity index (χ2n) is 5.29. The number of nitriles is 1. The van der Waals surface area contributed by atoms with Gasteiger partial charge in [-0.1, -0.05) is 13.8 Å². The van der Waals surface area contributed by atoms with Crippen molar-refractivity contribution in [2.24, 2.45) is 5.92 Å². The van der Waals surface area contributed by atoms with Crippen molar-refractivity contribution in [1.29, 1.82) is 5.26 Å². The average molecular weight is 252 g/mol. The van der Waals surface area contributed by atoms with Gasteiger partial charge in [0.05, 0.1) is 19.1 Å². The molecular weight excluding hydrogens is 228 g/mol. The van der Waals surface area contributed by atoms with E-state index in [1.165, 1.54) is 0 Å². The molecule has 0 spiro atoms. The lowest BCUT2D eigenvalue weighted by Crippen LogP contribution is -2.49. The van der Waals surface area contributed by atoms with E-state index in [-0.39, 0.29) is 5.91 Å². The first-order valence-electron chi connectivity index (χ1n) is 6.92. The highest BCUT2D eigenvalue weighted by molar-refractivity contribution is 5.77. The number of nitrogens with one attached hydrogen (secondary N) is 1. The van der Waals surface area contributed by atoms with Gasteiger partial charge in [0, 0.05) is 6.61 Å². The maximum absolute atomic E-state index is 11.8. The van der Waals surface area contributed by atoms with E-state index >= 15 is 0 Å². The van der Waals surface area contributed by atoms with Crippen molar-refractivity contribution in [3.8, 4) is 6.07 Å². The van der Waals surface area contributed by atoms with Crippen molar-refractivity contribution in [3.05, 3.63) is 0 Å². The van der Waals surface area contributed by atoms with Crippen LogP contribution in [0.2, 0.25) is 0 Å². The normalized spacial score (nSPS) is 27.5. The number of hydrogen-bond donors (Lipinski definition) is 1. The Kier molecular flexibility index (Phi) is 6.14. The molecule has 1 rings (SSSR count). The van der Waals surface area contributed by atoms with E-state index in [4.69, 9.17) is 4.74 Å². The molecule has 4 heteroatoms. The Balaban J connectivity index is 2.34. The van der Waals surface area contributed by atoms with E-state index in [9.17, 15) is 10.1 Å². The molecule has 1 N–H and O–H groups in total. The first kappa shape index (κ1) is 15.0. The van der Waals surface area contributed by atoms with Crippen LogP contribution >= 0.6 is 0 Å². The summed E-state index contributed by atoms with van der Waals surface area (Å²) in [4.78, 5) is 11.8. The topological polar surface area (TPSA) is 62.1 Å². The molecule has 0 heterocycles. The van der Waals surface area contributed by atoms with E-state index < -0.39 is 5.54 Å². The largest absolute Gasteiger partial charge is 0.381 e. The Morgan fingerprint density at radius 3 is 2.67 bits per heavy atom. The van der Waals surface area contributed by atoms with Crippen LogP contribution in [0.4, 0.5) is 0 Å². The molecule has 4 nitrogen and oxygen atoms in total. The maximum Gasteiger partial charge on any atom is 0.223 e. The van der Waals surface area contributed by atoms with Crippen LogP contribution in [0.5, 0.6) is 0 Å². The highest BCUT2D eigenvalue weighted by Gasteiger charge is 2.35. The number of hydrogen-bond acceptors (Lipinski definition) is 3. The van der Waals surface area contributed by atoms with Gasteiger partial charge in [-0.15, -0.1) is 0 Å². The standard InChI is InChI=1S/C14H24N2O2/c1-3-9-18-10-6-13(17)16-14(11-15)7-4-12(2)5-8-14/h12H,3-10H2,1-2H3,(H,16,17). The van der Waals surface area contributed by atoms with E-state index in [1.807, 2.05) is 6.92 Å². The van der Waals surface area contributed by atoms with Gasteiger partial charge in [-0.2, -0.15) is 5.26 Å². The lowest BCUT2D eigenvalue weighted by atomic mass is 9.78. The predicted molar refractivity (Wildman–Crippen MR) is 69.8 cm³/mol. The summed E-state index contributed by atoms with van der Waals surface area (Å²) in [6.45, 7) is 5.36. The van der Waals surface area contributed by atoms with Crippen molar-refractivity contribution in [1.82, 2.24) is 5.32 Å². The van der Waals surface area contributed by atoms with Gasteiger partial charge in [-0.25, -0.2) is 0 Å². The Morgan fingerprint density at radius 1 is 1.44 bits per heavy atom. The van der Waals surface area contributed by atoms with Crippen molar-refractivity contribution >= 4 is 5.91 Å². The molecule has 0 radical (unpaired) electrons. The summed E-state index contributed by atoms with van der Waals surface area (Å²) in [5.41, 5.74) is -0.631. The van der Waals surface area contributed by atoms with Gasteiger partial charge in [-0.3, -0.25) is 4.79 Å². The van der Waals surface area contributed by atoms with Gasteiger partial charge in [0.15, 0.2) is 0 Å². The maximum atomic E-state index is 11.8. The molecule has 0 aromatic heterocycles. The molecular formula is C14H24N2O2. The molecule has 18 heavy (non-hydrogen) atoms. The smallest absolute Gasteiger partial charge is 0.223 e. The van der Waals surface area contributed by atoms with Crippen molar-refractivity contribution in [2.45, 2.75) is 57.9 Å². The molecule has 1 aliphatic carbocycles. The summed E-state index contributed by atoms with van der Waals surface area (Å²) in [5.74, 6) is 0.596. The van der Waals surface area contributed by atoms with Gasteiger partial charge in [-0.05, 0) is 38.0 Å². The molecule has 0 unspecified atom stereocenters. The molecule has 0 atom stereocenters. The minimum absolute atomic E-state index is 0.0674. The monoisotopic (exact) mass is 252 g/mol. The second kappa shape index (κ2) is 7.38. The summed E-state index contributed by atoms with van der Waals surface area (Å²) >= 11 is 0. The number of carbonyl (C=O) groups excluding carboxylic acids is 1. The summed E-state index contributed by atoms with van der Waals surface area (Å²) in [5, 5.41) is 12.2. The van der Waals surface area contributed by atoms with Gasteiger partial charge in [0.1, 0.15) is 5.54 Å². The molecule has 1 aliphatic rings. The van der Waals surface area contributed by atoms with E-state index in [0.717, 1.165) is 32.1 Å². The summed E-state index contributed by atoms with van der Waals surface area (Å²) in [6, 6.07) is 2.30. The molecule has 0 saturated heterocycles. The fourth-order valence-electron chi connectivity index (χ4n) is 2.26.